The van der Waals surface area contributed by atoms with Crippen molar-refractivity contribution in [2.75, 3.05) is 7.11 Å². The molecule has 6 heteroatoms. The molecule has 1 N–H and O–H groups in total. The second kappa shape index (κ2) is 6.75. The molecule has 0 spiro atoms. The number of esters is 1. The Kier molecular flexibility index (Phi) is 5.11. The number of methoxy groups -OCH3 is 1. The summed E-state index contributed by atoms with van der Waals surface area (Å²) in [4.78, 5) is 11.7. The second-order valence-electron chi connectivity index (χ2n) is 6.42. The molecule has 0 heterocycles. The first kappa shape index (κ1) is 18.2. The summed E-state index contributed by atoms with van der Waals surface area (Å²) < 4.78 is 32.7. The zero-order valence-corrected chi connectivity index (χ0v) is 15.0. The van der Waals surface area contributed by atoms with E-state index in [1.807, 2.05) is 0 Å². The van der Waals surface area contributed by atoms with Crippen LogP contribution in [0, 0.1) is 0 Å². The molecule has 5 nitrogen and oxygen atoms in total. The molecular weight excluding hydrogens is 326 g/mol. The number of carbonyl (C=O) groups excluding carboxylic acids is 1. The number of rotatable bonds is 4. The van der Waals surface area contributed by atoms with E-state index in [2.05, 4.69) is 9.46 Å². The van der Waals surface area contributed by atoms with E-state index in [4.69, 9.17) is 0 Å². The van der Waals surface area contributed by atoms with E-state index >= 15 is 0 Å². The van der Waals surface area contributed by atoms with Crippen molar-refractivity contribution < 1.29 is 17.9 Å². The fourth-order valence-corrected chi connectivity index (χ4v) is 3.95. The highest BCUT2D eigenvalue weighted by Gasteiger charge is 2.24. The van der Waals surface area contributed by atoms with Gasteiger partial charge in [-0.15, -0.1) is 0 Å². The van der Waals surface area contributed by atoms with E-state index in [-0.39, 0.29) is 4.90 Å². The third-order valence-electron chi connectivity index (χ3n) is 3.23. The average Bonchev–Trinajstić information content (AvgIpc) is 2.52. The van der Waals surface area contributed by atoms with Gasteiger partial charge in [0.05, 0.1) is 17.6 Å². The van der Waals surface area contributed by atoms with Gasteiger partial charge in [0.25, 0.3) is 0 Å². The lowest BCUT2D eigenvalue weighted by molar-refractivity contribution is 0.0600. The average molecular weight is 347 g/mol. The summed E-state index contributed by atoms with van der Waals surface area (Å²) in [6, 6.07) is 13.4. The molecule has 0 amide bonds. The first-order chi connectivity index (χ1) is 11.1. The SMILES string of the molecule is COC(=O)c1ccc(-c2ccccc2S(=O)(=O)NC(C)(C)C)cc1. The fourth-order valence-electron chi connectivity index (χ4n) is 2.30. The van der Waals surface area contributed by atoms with Gasteiger partial charge in [-0.1, -0.05) is 30.3 Å². The highest BCUT2D eigenvalue weighted by molar-refractivity contribution is 7.89. The van der Waals surface area contributed by atoms with Crippen LogP contribution in [-0.2, 0) is 14.8 Å². The van der Waals surface area contributed by atoms with Gasteiger partial charge in [-0.3, -0.25) is 0 Å². The van der Waals surface area contributed by atoms with Crippen molar-refractivity contribution in [3.8, 4) is 11.1 Å². The topological polar surface area (TPSA) is 72.5 Å². The number of sulfonamides is 1. The summed E-state index contributed by atoms with van der Waals surface area (Å²) >= 11 is 0. The molecule has 0 atom stereocenters. The molecule has 0 aromatic heterocycles. The highest BCUT2D eigenvalue weighted by Crippen LogP contribution is 2.28. The van der Waals surface area contributed by atoms with E-state index in [0.29, 0.717) is 16.7 Å². The molecule has 0 bridgehead atoms. The minimum atomic E-state index is -3.67. The van der Waals surface area contributed by atoms with Crippen molar-refractivity contribution in [2.24, 2.45) is 0 Å². The van der Waals surface area contributed by atoms with Crippen molar-refractivity contribution >= 4 is 16.0 Å². The summed E-state index contributed by atoms with van der Waals surface area (Å²) in [6.45, 7) is 5.37. The van der Waals surface area contributed by atoms with Gasteiger partial charge in [0, 0.05) is 11.1 Å². The van der Waals surface area contributed by atoms with Crippen LogP contribution in [0.3, 0.4) is 0 Å². The number of benzene rings is 2. The lowest BCUT2D eigenvalue weighted by Crippen LogP contribution is -2.40. The van der Waals surface area contributed by atoms with Crippen LogP contribution < -0.4 is 4.72 Å². The molecule has 0 aliphatic carbocycles. The summed E-state index contributed by atoms with van der Waals surface area (Å²) in [5.41, 5.74) is 1.11. The lowest BCUT2D eigenvalue weighted by atomic mass is 10.0. The smallest absolute Gasteiger partial charge is 0.337 e. The Hall–Kier alpha value is -2.18. The molecule has 2 aromatic carbocycles. The maximum absolute atomic E-state index is 12.7. The maximum Gasteiger partial charge on any atom is 0.337 e. The van der Waals surface area contributed by atoms with Gasteiger partial charge < -0.3 is 4.74 Å². The van der Waals surface area contributed by atoms with Crippen LogP contribution >= 0.6 is 0 Å². The van der Waals surface area contributed by atoms with Crippen molar-refractivity contribution in [1.82, 2.24) is 4.72 Å². The Bertz CT molecular complexity index is 834. The molecule has 0 radical (unpaired) electrons. The molecule has 128 valence electrons. The van der Waals surface area contributed by atoms with Gasteiger partial charge in [-0.2, -0.15) is 0 Å². The van der Waals surface area contributed by atoms with Crippen molar-refractivity contribution in [2.45, 2.75) is 31.2 Å². The van der Waals surface area contributed by atoms with Gasteiger partial charge in [0.1, 0.15) is 0 Å². The Balaban J connectivity index is 2.48. The third kappa shape index (κ3) is 4.21. The predicted octanol–water partition coefficient (Wildman–Crippen LogP) is 3.22. The highest BCUT2D eigenvalue weighted by atomic mass is 32.2. The zero-order valence-electron chi connectivity index (χ0n) is 14.2. The quantitative estimate of drug-likeness (QED) is 0.862. The summed E-state index contributed by atoms with van der Waals surface area (Å²) in [5.74, 6) is -0.433. The first-order valence-corrected chi connectivity index (χ1v) is 8.94. The largest absolute Gasteiger partial charge is 0.465 e. The van der Waals surface area contributed by atoms with E-state index in [9.17, 15) is 13.2 Å². The summed E-state index contributed by atoms with van der Waals surface area (Å²) in [5, 5.41) is 0. The summed E-state index contributed by atoms with van der Waals surface area (Å²) in [7, 11) is -2.35. The number of hydrogen-bond donors (Lipinski definition) is 1. The van der Waals surface area contributed by atoms with Crippen LogP contribution in [0.2, 0.25) is 0 Å². The Morgan fingerprint density at radius 2 is 1.58 bits per heavy atom. The molecule has 0 saturated heterocycles. The first-order valence-electron chi connectivity index (χ1n) is 7.46. The van der Waals surface area contributed by atoms with Crippen LogP contribution in [0.4, 0.5) is 0 Å². The molecule has 24 heavy (non-hydrogen) atoms. The molecule has 0 saturated carbocycles. The molecule has 0 unspecified atom stereocenters. The van der Waals surface area contributed by atoms with Crippen LogP contribution in [0.15, 0.2) is 53.4 Å². The minimum Gasteiger partial charge on any atom is -0.465 e. The van der Waals surface area contributed by atoms with Gasteiger partial charge in [-0.05, 0) is 44.5 Å². The second-order valence-corrected chi connectivity index (χ2v) is 8.07. The summed E-state index contributed by atoms with van der Waals surface area (Å²) in [6.07, 6.45) is 0. The van der Waals surface area contributed by atoms with Crippen LogP contribution in [0.5, 0.6) is 0 Å². The van der Waals surface area contributed by atoms with Crippen molar-refractivity contribution in [1.29, 1.82) is 0 Å². The normalized spacial score (nSPS) is 12.0. The molecular formula is C18H21NO4S. The molecule has 2 aromatic rings. The van der Waals surface area contributed by atoms with Crippen LogP contribution in [0.25, 0.3) is 11.1 Å². The molecule has 0 aliphatic heterocycles. The fraction of sp³-hybridized carbons (Fsp3) is 0.278. The van der Waals surface area contributed by atoms with Crippen molar-refractivity contribution in [3.05, 3.63) is 54.1 Å². The number of hydrogen-bond acceptors (Lipinski definition) is 4. The monoisotopic (exact) mass is 347 g/mol. The molecule has 2 rings (SSSR count). The lowest BCUT2D eigenvalue weighted by Gasteiger charge is -2.21. The number of nitrogens with one attached hydrogen (secondary N) is 1. The Morgan fingerprint density at radius 1 is 1.00 bits per heavy atom. The van der Waals surface area contributed by atoms with Crippen LogP contribution in [-0.4, -0.2) is 27.0 Å². The van der Waals surface area contributed by atoms with E-state index in [1.165, 1.54) is 7.11 Å². The van der Waals surface area contributed by atoms with Gasteiger partial charge in [0.15, 0.2) is 0 Å². The number of carbonyl (C=O) groups is 1. The predicted molar refractivity (Wildman–Crippen MR) is 93.3 cm³/mol. The minimum absolute atomic E-state index is 0.200. The van der Waals surface area contributed by atoms with Crippen molar-refractivity contribution in [3.63, 3.8) is 0 Å². The van der Waals surface area contributed by atoms with Gasteiger partial charge in [0.2, 0.25) is 10.0 Å². The molecule has 0 aliphatic rings. The van der Waals surface area contributed by atoms with E-state index in [1.54, 1.807) is 69.3 Å². The van der Waals surface area contributed by atoms with E-state index in [0.717, 1.165) is 0 Å². The van der Waals surface area contributed by atoms with Gasteiger partial charge in [-0.25, -0.2) is 17.9 Å². The third-order valence-corrected chi connectivity index (χ3v) is 5.05. The Labute approximate surface area is 142 Å². The standard InChI is InChI=1S/C18H21NO4S/c1-18(2,3)19-24(21,22)16-8-6-5-7-15(16)13-9-11-14(12-10-13)17(20)23-4/h5-12,19H,1-4H3. The zero-order chi connectivity index (χ0) is 18.0. The van der Waals surface area contributed by atoms with E-state index < -0.39 is 21.5 Å². The van der Waals surface area contributed by atoms with Crippen LogP contribution in [0.1, 0.15) is 31.1 Å². The maximum atomic E-state index is 12.7. The molecule has 0 fully saturated rings. The number of ether oxygens (including phenoxy) is 1. The Morgan fingerprint density at radius 3 is 2.12 bits per heavy atom. The van der Waals surface area contributed by atoms with Gasteiger partial charge >= 0.3 is 5.97 Å².